The second-order valence-corrected chi connectivity index (χ2v) is 6.84. The first-order valence-corrected chi connectivity index (χ1v) is 9.61. The summed E-state index contributed by atoms with van der Waals surface area (Å²) < 4.78 is 7.45. The number of nitrogens with zero attached hydrogens (tertiary/aromatic N) is 4. The number of ether oxygens (including phenoxy) is 1. The molecule has 1 aliphatic heterocycles. The van der Waals surface area contributed by atoms with E-state index in [1.54, 1.807) is 10.9 Å². The second kappa shape index (κ2) is 9.48. The van der Waals surface area contributed by atoms with Crippen LogP contribution in [0.25, 0.3) is 0 Å². The quantitative estimate of drug-likeness (QED) is 0.693. The first kappa shape index (κ1) is 18.6. The average molecular weight is 356 g/mol. The molecule has 1 aliphatic rings. The molecular weight excluding hydrogens is 328 g/mol. The third kappa shape index (κ3) is 5.14. The zero-order valence-corrected chi connectivity index (χ0v) is 15.5. The summed E-state index contributed by atoms with van der Waals surface area (Å²) in [6, 6.07) is 10.4. The molecule has 0 spiro atoms. The lowest BCUT2D eigenvalue weighted by molar-refractivity contribution is 0.0522. The van der Waals surface area contributed by atoms with Crippen LogP contribution in [0.4, 0.5) is 0 Å². The Balaban J connectivity index is 1.53. The molecule has 1 amide bonds. The van der Waals surface area contributed by atoms with Gasteiger partial charge in [-0.05, 0) is 37.7 Å². The van der Waals surface area contributed by atoms with Crippen molar-refractivity contribution in [1.29, 1.82) is 0 Å². The van der Waals surface area contributed by atoms with Crippen molar-refractivity contribution in [3.63, 3.8) is 0 Å². The zero-order chi connectivity index (χ0) is 18.2. The molecule has 1 fully saturated rings. The number of aromatic nitrogens is 3. The van der Waals surface area contributed by atoms with Gasteiger partial charge in [-0.15, -0.1) is 5.10 Å². The topological polar surface area (TPSA) is 60.2 Å². The molecule has 1 aromatic heterocycles. The Morgan fingerprint density at radius 2 is 2.19 bits per heavy atom. The number of hydrogen-bond acceptors (Lipinski definition) is 4. The lowest BCUT2D eigenvalue weighted by Crippen LogP contribution is -2.38. The lowest BCUT2D eigenvalue weighted by atomic mass is 10.1. The van der Waals surface area contributed by atoms with Gasteiger partial charge in [-0.3, -0.25) is 9.48 Å². The summed E-state index contributed by atoms with van der Waals surface area (Å²) in [7, 11) is 0. The van der Waals surface area contributed by atoms with Crippen molar-refractivity contribution in [2.45, 2.75) is 51.7 Å². The Morgan fingerprint density at radius 1 is 1.35 bits per heavy atom. The Bertz CT molecular complexity index is 680. The molecule has 6 heteroatoms. The van der Waals surface area contributed by atoms with Gasteiger partial charge in [0.25, 0.3) is 5.91 Å². The van der Waals surface area contributed by atoms with Crippen LogP contribution >= 0.6 is 0 Å². The van der Waals surface area contributed by atoms with E-state index in [4.69, 9.17) is 4.74 Å². The van der Waals surface area contributed by atoms with Crippen LogP contribution in [0.2, 0.25) is 0 Å². The van der Waals surface area contributed by atoms with Crippen LogP contribution in [0.1, 0.15) is 48.7 Å². The highest BCUT2D eigenvalue weighted by Crippen LogP contribution is 2.15. The van der Waals surface area contributed by atoms with Crippen molar-refractivity contribution in [2.75, 3.05) is 19.7 Å². The Labute approximate surface area is 155 Å². The molecule has 1 saturated heterocycles. The van der Waals surface area contributed by atoms with Crippen LogP contribution in [0.5, 0.6) is 0 Å². The smallest absolute Gasteiger partial charge is 0.276 e. The fourth-order valence-corrected chi connectivity index (χ4v) is 3.34. The maximum Gasteiger partial charge on any atom is 0.276 e. The molecule has 140 valence electrons. The van der Waals surface area contributed by atoms with Gasteiger partial charge in [-0.2, -0.15) is 0 Å². The van der Waals surface area contributed by atoms with E-state index in [1.807, 2.05) is 11.0 Å². The maximum absolute atomic E-state index is 12.8. The third-order valence-corrected chi connectivity index (χ3v) is 4.68. The minimum absolute atomic E-state index is 0.0448. The van der Waals surface area contributed by atoms with E-state index in [0.717, 1.165) is 51.8 Å². The molecule has 0 aliphatic carbocycles. The number of benzene rings is 1. The van der Waals surface area contributed by atoms with Crippen molar-refractivity contribution < 1.29 is 9.53 Å². The molecule has 0 bridgehead atoms. The van der Waals surface area contributed by atoms with Gasteiger partial charge in [0, 0.05) is 26.2 Å². The molecule has 0 N–H and O–H groups in total. The predicted octanol–water partition coefficient (Wildman–Crippen LogP) is 2.94. The van der Waals surface area contributed by atoms with Crippen LogP contribution in [-0.4, -0.2) is 51.6 Å². The first-order chi connectivity index (χ1) is 12.8. The summed E-state index contributed by atoms with van der Waals surface area (Å²) in [6.07, 6.45) is 6.91. The summed E-state index contributed by atoms with van der Waals surface area (Å²) in [5.41, 5.74) is 1.74. The van der Waals surface area contributed by atoms with Crippen LogP contribution in [0.3, 0.4) is 0 Å². The first-order valence-electron chi connectivity index (χ1n) is 9.61. The van der Waals surface area contributed by atoms with Crippen molar-refractivity contribution in [2.24, 2.45) is 0 Å². The van der Waals surface area contributed by atoms with Crippen LogP contribution in [0, 0.1) is 0 Å². The minimum atomic E-state index is -0.0448. The largest absolute Gasteiger partial charge is 0.376 e. The van der Waals surface area contributed by atoms with Gasteiger partial charge in [-0.1, -0.05) is 42.5 Å². The van der Waals surface area contributed by atoms with Crippen molar-refractivity contribution in [3.8, 4) is 0 Å². The van der Waals surface area contributed by atoms with Crippen LogP contribution in [-0.2, 0) is 17.7 Å². The van der Waals surface area contributed by atoms with Gasteiger partial charge in [0.15, 0.2) is 5.69 Å². The Kier molecular flexibility index (Phi) is 6.77. The van der Waals surface area contributed by atoms with Gasteiger partial charge in [0.2, 0.25) is 0 Å². The SMILES string of the molecule is CCCN(CC1CCCO1)C(=O)c1cn(CCCc2ccccc2)nn1. The average Bonchev–Trinajstić information content (AvgIpc) is 3.34. The number of amides is 1. The van der Waals surface area contributed by atoms with Gasteiger partial charge < -0.3 is 9.64 Å². The highest BCUT2D eigenvalue weighted by molar-refractivity contribution is 5.91. The van der Waals surface area contributed by atoms with Crippen molar-refractivity contribution in [1.82, 2.24) is 19.9 Å². The molecule has 2 aromatic rings. The number of aryl methyl sites for hydroxylation is 2. The summed E-state index contributed by atoms with van der Waals surface area (Å²) in [4.78, 5) is 14.6. The number of rotatable bonds is 9. The molecule has 0 radical (unpaired) electrons. The summed E-state index contributed by atoms with van der Waals surface area (Å²) in [5.74, 6) is -0.0448. The Hall–Kier alpha value is -2.21. The van der Waals surface area contributed by atoms with Gasteiger partial charge >= 0.3 is 0 Å². The fraction of sp³-hybridized carbons (Fsp3) is 0.550. The molecule has 26 heavy (non-hydrogen) atoms. The Morgan fingerprint density at radius 3 is 2.92 bits per heavy atom. The van der Waals surface area contributed by atoms with E-state index in [-0.39, 0.29) is 12.0 Å². The normalized spacial score (nSPS) is 16.7. The lowest BCUT2D eigenvalue weighted by Gasteiger charge is -2.24. The van der Waals surface area contributed by atoms with E-state index >= 15 is 0 Å². The van der Waals surface area contributed by atoms with Gasteiger partial charge in [0.05, 0.1) is 12.3 Å². The standard InChI is InChI=1S/C20H28N4O2/c1-2-12-23(15-18-11-7-14-26-18)20(25)19-16-24(22-21-19)13-6-10-17-8-4-3-5-9-17/h3-5,8-9,16,18H,2,6-7,10-15H2,1H3. The minimum Gasteiger partial charge on any atom is -0.376 e. The number of carbonyl (C=O) groups is 1. The van der Waals surface area contributed by atoms with Crippen molar-refractivity contribution in [3.05, 3.63) is 47.8 Å². The van der Waals surface area contributed by atoms with E-state index in [9.17, 15) is 4.79 Å². The zero-order valence-electron chi connectivity index (χ0n) is 15.5. The monoisotopic (exact) mass is 356 g/mol. The second-order valence-electron chi connectivity index (χ2n) is 6.84. The predicted molar refractivity (Wildman–Crippen MR) is 100.0 cm³/mol. The van der Waals surface area contributed by atoms with E-state index in [0.29, 0.717) is 12.2 Å². The summed E-state index contributed by atoms with van der Waals surface area (Å²) >= 11 is 0. The van der Waals surface area contributed by atoms with E-state index < -0.39 is 0 Å². The summed E-state index contributed by atoms with van der Waals surface area (Å²) in [5, 5.41) is 8.23. The fourth-order valence-electron chi connectivity index (χ4n) is 3.34. The highest BCUT2D eigenvalue weighted by atomic mass is 16.5. The maximum atomic E-state index is 12.8. The molecule has 3 rings (SSSR count). The molecule has 1 atom stereocenters. The summed E-state index contributed by atoms with van der Waals surface area (Å²) in [6.45, 7) is 5.01. The number of carbonyl (C=O) groups excluding carboxylic acids is 1. The van der Waals surface area contributed by atoms with Gasteiger partial charge in [0.1, 0.15) is 0 Å². The van der Waals surface area contributed by atoms with E-state index in [2.05, 4.69) is 41.5 Å². The molecule has 0 saturated carbocycles. The molecule has 1 unspecified atom stereocenters. The molecular formula is C20H28N4O2. The molecule has 2 heterocycles. The van der Waals surface area contributed by atoms with Crippen LogP contribution < -0.4 is 0 Å². The van der Waals surface area contributed by atoms with Crippen LogP contribution in [0.15, 0.2) is 36.5 Å². The van der Waals surface area contributed by atoms with E-state index in [1.165, 1.54) is 5.56 Å². The molecule has 1 aromatic carbocycles. The highest BCUT2D eigenvalue weighted by Gasteiger charge is 2.24. The molecule has 6 nitrogen and oxygen atoms in total. The van der Waals surface area contributed by atoms with Crippen molar-refractivity contribution >= 4 is 5.91 Å². The third-order valence-electron chi connectivity index (χ3n) is 4.68. The number of hydrogen-bond donors (Lipinski definition) is 0. The van der Waals surface area contributed by atoms with Gasteiger partial charge in [-0.25, -0.2) is 0 Å².